The molecule has 3 heterocycles. The average Bonchev–Trinajstić information content (AvgIpc) is 3.17. The summed E-state index contributed by atoms with van der Waals surface area (Å²) in [6.07, 6.45) is 1.62. The summed E-state index contributed by atoms with van der Waals surface area (Å²) in [6, 6.07) is 8.62. The minimum atomic E-state index is 0.210. The first-order valence-electron chi connectivity index (χ1n) is 10.7. The molecule has 1 aromatic carbocycles. The molecule has 2 aliphatic heterocycles. The Bertz CT molecular complexity index is 821. The molecule has 5 nitrogen and oxygen atoms in total. The van der Waals surface area contributed by atoms with Crippen molar-refractivity contribution < 1.29 is 9.53 Å². The lowest BCUT2D eigenvalue weighted by Crippen LogP contribution is -2.43. The highest BCUT2D eigenvalue weighted by Gasteiger charge is 2.25. The monoisotopic (exact) mass is 413 g/mol. The quantitative estimate of drug-likeness (QED) is 0.750. The number of hydrogen-bond donors (Lipinski definition) is 0. The van der Waals surface area contributed by atoms with E-state index in [9.17, 15) is 4.79 Å². The molecular weight excluding hydrogens is 382 g/mol. The topological polar surface area (TPSA) is 45.7 Å². The van der Waals surface area contributed by atoms with E-state index >= 15 is 0 Å². The van der Waals surface area contributed by atoms with Crippen LogP contribution in [-0.4, -0.2) is 60.1 Å². The van der Waals surface area contributed by atoms with E-state index in [1.54, 1.807) is 11.3 Å². The molecule has 1 amide bonds. The van der Waals surface area contributed by atoms with Crippen molar-refractivity contribution >= 4 is 17.2 Å². The lowest BCUT2D eigenvalue weighted by atomic mass is 9.92. The summed E-state index contributed by atoms with van der Waals surface area (Å²) in [6.45, 7) is 10.8. The molecule has 0 N–H and O–H groups in total. The number of ether oxygens (including phenoxy) is 1. The Balaban J connectivity index is 1.39. The predicted octanol–water partition coefficient (Wildman–Crippen LogP) is 3.69. The van der Waals surface area contributed by atoms with Gasteiger partial charge in [-0.3, -0.25) is 9.69 Å². The number of amides is 1. The summed E-state index contributed by atoms with van der Waals surface area (Å²) in [4.78, 5) is 22.0. The zero-order valence-corrected chi connectivity index (χ0v) is 18.3. The van der Waals surface area contributed by atoms with Gasteiger partial charge in [-0.2, -0.15) is 0 Å². The Morgan fingerprint density at radius 2 is 1.97 bits per heavy atom. The zero-order valence-electron chi connectivity index (χ0n) is 17.5. The normalized spacial score (nSPS) is 23.3. The van der Waals surface area contributed by atoms with Crippen molar-refractivity contribution in [1.82, 2.24) is 14.8 Å². The largest absolute Gasteiger partial charge is 0.379 e. The molecule has 2 aromatic rings. The fraction of sp³-hybridized carbons (Fsp3) is 0.565. The number of hydrogen-bond acceptors (Lipinski definition) is 5. The van der Waals surface area contributed by atoms with E-state index in [-0.39, 0.29) is 5.91 Å². The van der Waals surface area contributed by atoms with Gasteiger partial charge in [-0.25, -0.2) is 4.98 Å². The molecule has 0 aliphatic carbocycles. The molecule has 2 saturated heterocycles. The van der Waals surface area contributed by atoms with Gasteiger partial charge in [0, 0.05) is 43.7 Å². The van der Waals surface area contributed by atoms with Crippen molar-refractivity contribution in [3.8, 4) is 10.6 Å². The van der Waals surface area contributed by atoms with Crippen LogP contribution < -0.4 is 0 Å². The highest BCUT2D eigenvalue weighted by molar-refractivity contribution is 7.13. The molecule has 2 fully saturated rings. The Morgan fingerprint density at radius 3 is 2.72 bits per heavy atom. The van der Waals surface area contributed by atoms with Crippen molar-refractivity contribution in [2.24, 2.45) is 11.8 Å². The number of likely N-dealkylation sites (tertiary alicyclic amines) is 1. The van der Waals surface area contributed by atoms with Gasteiger partial charge in [0.25, 0.3) is 0 Å². The van der Waals surface area contributed by atoms with Gasteiger partial charge in [0.05, 0.1) is 25.3 Å². The van der Waals surface area contributed by atoms with Gasteiger partial charge in [0.15, 0.2) is 0 Å². The van der Waals surface area contributed by atoms with Gasteiger partial charge >= 0.3 is 0 Å². The number of rotatable bonds is 5. The number of thiazole rings is 1. The molecule has 6 heteroatoms. The number of aromatic nitrogens is 1. The van der Waals surface area contributed by atoms with E-state index < -0.39 is 0 Å². The smallest absolute Gasteiger partial charge is 0.228 e. The summed E-state index contributed by atoms with van der Waals surface area (Å²) in [5.41, 5.74) is 3.33. The van der Waals surface area contributed by atoms with E-state index in [1.165, 1.54) is 12.0 Å². The lowest BCUT2D eigenvalue weighted by molar-refractivity contribution is -0.133. The molecule has 0 spiro atoms. The first kappa shape index (κ1) is 20.5. The number of carbonyl (C=O) groups excluding carboxylic acids is 1. The number of nitrogens with zero attached hydrogens (tertiary/aromatic N) is 3. The molecule has 0 radical (unpaired) electrons. The molecular formula is C23H31N3O2S. The van der Waals surface area contributed by atoms with Gasteiger partial charge in [-0.1, -0.05) is 32.0 Å². The van der Waals surface area contributed by atoms with Crippen molar-refractivity contribution in [3.05, 3.63) is 40.9 Å². The zero-order chi connectivity index (χ0) is 20.2. The van der Waals surface area contributed by atoms with E-state index in [0.29, 0.717) is 18.3 Å². The summed E-state index contributed by atoms with van der Waals surface area (Å²) >= 11 is 1.63. The van der Waals surface area contributed by atoms with E-state index in [0.717, 1.165) is 62.2 Å². The van der Waals surface area contributed by atoms with E-state index in [1.807, 2.05) is 10.3 Å². The second-order valence-corrected chi connectivity index (χ2v) is 9.51. The predicted molar refractivity (Wildman–Crippen MR) is 117 cm³/mol. The van der Waals surface area contributed by atoms with Crippen molar-refractivity contribution in [2.75, 3.05) is 39.4 Å². The van der Waals surface area contributed by atoms with Crippen LogP contribution >= 0.6 is 11.3 Å². The second-order valence-electron chi connectivity index (χ2n) is 8.65. The summed E-state index contributed by atoms with van der Waals surface area (Å²) in [5, 5.41) is 3.04. The lowest BCUT2D eigenvalue weighted by Gasteiger charge is -2.35. The number of carbonyl (C=O) groups is 1. The molecule has 2 unspecified atom stereocenters. The van der Waals surface area contributed by atoms with Crippen LogP contribution in [0.2, 0.25) is 0 Å². The Morgan fingerprint density at radius 1 is 1.21 bits per heavy atom. The van der Waals surface area contributed by atoms with Crippen LogP contribution in [0, 0.1) is 11.8 Å². The maximum atomic E-state index is 12.8. The van der Waals surface area contributed by atoms with E-state index in [4.69, 9.17) is 9.72 Å². The Kier molecular flexibility index (Phi) is 6.63. The van der Waals surface area contributed by atoms with E-state index in [2.05, 4.69) is 43.0 Å². The second kappa shape index (κ2) is 9.37. The minimum Gasteiger partial charge on any atom is -0.379 e. The van der Waals surface area contributed by atoms with Gasteiger partial charge < -0.3 is 9.64 Å². The fourth-order valence-electron chi connectivity index (χ4n) is 4.47. The number of benzene rings is 1. The van der Waals surface area contributed by atoms with Gasteiger partial charge in [0.2, 0.25) is 5.91 Å². The summed E-state index contributed by atoms with van der Waals surface area (Å²) in [5.74, 6) is 1.38. The first-order chi connectivity index (χ1) is 14.1. The molecule has 2 atom stereocenters. The van der Waals surface area contributed by atoms with Gasteiger partial charge in [-0.05, 0) is 29.9 Å². The average molecular weight is 414 g/mol. The van der Waals surface area contributed by atoms with Crippen molar-refractivity contribution in [2.45, 2.75) is 33.2 Å². The molecule has 1 aromatic heterocycles. The van der Waals surface area contributed by atoms with Crippen LogP contribution in [-0.2, 0) is 22.5 Å². The highest BCUT2D eigenvalue weighted by atomic mass is 32.1. The Hall–Kier alpha value is -1.76. The van der Waals surface area contributed by atoms with Crippen LogP contribution in [0.15, 0.2) is 29.6 Å². The SMILES string of the molecule is CC1CC(C)CN(C(=O)Cc2csc(-c3cccc(CN4CCOCC4)c3)n2)C1. The van der Waals surface area contributed by atoms with Crippen LogP contribution in [0.4, 0.5) is 0 Å². The molecule has 0 saturated carbocycles. The van der Waals surface area contributed by atoms with Crippen molar-refractivity contribution in [1.29, 1.82) is 0 Å². The fourth-order valence-corrected chi connectivity index (χ4v) is 5.29. The molecule has 0 bridgehead atoms. The third-order valence-corrected chi connectivity index (χ3v) is 6.73. The Labute approximate surface area is 177 Å². The molecule has 29 heavy (non-hydrogen) atoms. The van der Waals surface area contributed by atoms with Crippen molar-refractivity contribution in [3.63, 3.8) is 0 Å². The van der Waals surface area contributed by atoms with Crippen LogP contribution in [0.25, 0.3) is 10.6 Å². The van der Waals surface area contributed by atoms with Crippen LogP contribution in [0.3, 0.4) is 0 Å². The van der Waals surface area contributed by atoms with Gasteiger partial charge in [0.1, 0.15) is 5.01 Å². The van der Waals surface area contributed by atoms with Gasteiger partial charge in [-0.15, -0.1) is 11.3 Å². The van der Waals surface area contributed by atoms with Crippen LogP contribution in [0.1, 0.15) is 31.5 Å². The minimum absolute atomic E-state index is 0.210. The summed E-state index contributed by atoms with van der Waals surface area (Å²) in [7, 11) is 0. The third-order valence-electron chi connectivity index (χ3n) is 5.79. The summed E-state index contributed by atoms with van der Waals surface area (Å²) < 4.78 is 5.44. The molecule has 156 valence electrons. The highest BCUT2D eigenvalue weighted by Crippen LogP contribution is 2.26. The third kappa shape index (κ3) is 5.44. The van der Waals surface area contributed by atoms with Crippen LogP contribution in [0.5, 0.6) is 0 Å². The number of morpholine rings is 1. The molecule has 2 aliphatic rings. The first-order valence-corrected chi connectivity index (χ1v) is 11.6. The molecule has 4 rings (SSSR count). The maximum absolute atomic E-state index is 12.8. The standard InChI is InChI=1S/C23H31N3O2S/c1-17-10-18(2)14-26(13-17)22(27)12-21-16-29-23(24-21)20-5-3-4-19(11-20)15-25-6-8-28-9-7-25/h3-5,11,16-18H,6-10,12-15H2,1-2H3. The number of piperidine rings is 1. The maximum Gasteiger partial charge on any atom is 0.228 e.